The number of aryl methyl sites for hydroxylation is 1. The molecule has 0 radical (unpaired) electrons. The number of anilines is 1. The molecule has 1 aliphatic rings. The maximum Gasteiger partial charge on any atom is 0.333 e. The Bertz CT molecular complexity index is 1290. The highest BCUT2D eigenvalue weighted by molar-refractivity contribution is 7.90. The number of hydrogen-bond donors (Lipinski definition) is 3. The number of nitrogens with zero attached hydrogens (tertiary/aromatic N) is 3. The lowest BCUT2D eigenvalue weighted by molar-refractivity contribution is 0.168. The average molecular weight is 472 g/mol. The maximum atomic E-state index is 12.8. The van der Waals surface area contributed by atoms with Crippen molar-refractivity contribution in [1.29, 1.82) is 0 Å². The highest BCUT2D eigenvalue weighted by atomic mass is 32.2. The van der Waals surface area contributed by atoms with Crippen molar-refractivity contribution in [2.75, 3.05) is 12.4 Å². The minimum Gasteiger partial charge on any atom is -0.481 e. The molecule has 174 valence electrons. The van der Waals surface area contributed by atoms with Crippen LogP contribution in [0.25, 0.3) is 11.1 Å². The molecule has 3 aromatic rings. The molecule has 3 N–H and O–H groups in total. The van der Waals surface area contributed by atoms with Gasteiger partial charge in [-0.25, -0.2) is 14.5 Å². The lowest BCUT2D eigenvalue weighted by Gasteiger charge is -2.17. The first-order chi connectivity index (χ1) is 15.8. The van der Waals surface area contributed by atoms with E-state index in [0.717, 1.165) is 41.5 Å². The molecular weight excluding hydrogens is 446 g/mol. The normalized spacial score (nSPS) is 13.9. The van der Waals surface area contributed by atoms with Crippen LogP contribution in [0.3, 0.4) is 0 Å². The molecule has 2 aromatic heterocycles. The Morgan fingerprint density at radius 3 is 2.85 bits per heavy atom. The number of aliphatic hydroxyl groups is 1. The second-order valence-electron chi connectivity index (χ2n) is 7.85. The maximum absolute atomic E-state index is 12.8. The molecule has 0 saturated carbocycles. The van der Waals surface area contributed by atoms with Gasteiger partial charge in [-0.2, -0.15) is 13.5 Å². The van der Waals surface area contributed by atoms with Gasteiger partial charge < -0.3 is 15.2 Å². The molecule has 0 fully saturated rings. The number of aliphatic hydroxyl groups excluding tert-OH is 1. The van der Waals surface area contributed by atoms with Crippen LogP contribution in [0.2, 0.25) is 0 Å². The van der Waals surface area contributed by atoms with Crippen molar-refractivity contribution < 1.29 is 23.1 Å². The molecule has 0 saturated heterocycles. The van der Waals surface area contributed by atoms with Crippen molar-refractivity contribution in [3.63, 3.8) is 0 Å². The second kappa shape index (κ2) is 9.20. The molecule has 11 heteroatoms. The zero-order valence-electron chi connectivity index (χ0n) is 18.3. The van der Waals surface area contributed by atoms with Crippen LogP contribution < -0.4 is 14.8 Å². The Balaban J connectivity index is 1.61. The summed E-state index contributed by atoms with van der Waals surface area (Å²) in [6, 6.07) is 7.87. The smallest absolute Gasteiger partial charge is 0.333 e. The number of pyridine rings is 1. The van der Waals surface area contributed by atoms with E-state index >= 15 is 0 Å². The fourth-order valence-corrected chi connectivity index (χ4v) is 4.76. The van der Waals surface area contributed by atoms with Crippen molar-refractivity contribution >= 4 is 21.7 Å². The lowest BCUT2D eigenvalue weighted by Crippen LogP contribution is -2.35. The number of carbonyl (C=O) groups is 1. The van der Waals surface area contributed by atoms with Crippen molar-refractivity contribution in [2.45, 2.75) is 43.9 Å². The number of ether oxygens (including phenoxy) is 1. The second-order valence-corrected chi connectivity index (χ2v) is 9.48. The van der Waals surface area contributed by atoms with Gasteiger partial charge in [0.25, 0.3) is 10.0 Å². The first kappa shape index (κ1) is 22.7. The van der Waals surface area contributed by atoms with E-state index in [9.17, 15) is 18.3 Å². The number of aromatic nitrogens is 3. The molecule has 0 bridgehead atoms. The molecule has 1 aliphatic carbocycles. The summed E-state index contributed by atoms with van der Waals surface area (Å²) in [5.74, 6) is 0.429. The van der Waals surface area contributed by atoms with Crippen LogP contribution in [0.15, 0.2) is 47.8 Å². The minimum atomic E-state index is -4.20. The van der Waals surface area contributed by atoms with E-state index in [4.69, 9.17) is 4.74 Å². The Morgan fingerprint density at radius 1 is 1.27 bits per heavy atom. The number of fused-ring (bicyclic) bond motifs is 1. The zero-order chi connectivity index (χ0) is 23.6. The highest BCUT2D eigenvalue weighted by Crippen LogP contribution is 2.38. The van der Waals surface area contributed by atoms with Gasteiger partial charge in [-0.3, -0.25) is 4.68 Å². The van der Waals surface area contributed by atoms with Gasteiger partial charge in [0, 0.05) is 24.0 Å². The first-order valence-corrected chi connectivity index (χ1v) is 12.0. The number of nitrogens with one attached hydrogen (secondary N) is 2. The Labute approximate surface area is 191 Å². The van der Waals surface area contributed by atoms with Gasteiger partial charge in [-0.15, -0.1) is 0 Å². The summed E-state index contributed by atoms with van der Waals surface area (Å²) in [6.07, 6.45) is 4.97. The van der Waals surface area contributed by atoms with E-state index in [1.54, 1.807) is 25.3 Å². The van der Waals surface area contributed by atoms with Crippen molar-refractivity contribution in [2.24, 2.45) is 0 Å². The third-order valence-corrected chi connectivity index (χ3v) is 6.57. The van der Waals surface area contributed by atoms with Crippen molar-refractivity contribution in [1.82, 2.24) is 19.5 Å². The Kier molecular flexibility index (Phi) is 6.34. The summed E-state index contributed by atoms with van der Waals surface area (Å²) >= 11 is 0. The molecule has 0 spiro atoms. The van der Waals surface area contributed by atoms with Crippen LogP contribution in [0.4, 0.5) is 10.5 Å². The summed E-state index contributed by atoms with van der Waals surface area (Å²) in [4.78, 5) is 16.9. The molecule has 1 aromatic carbocycles. The molecule has 0 unspecified atom stereocenters. The van der Waals surface area contributed by atoms with E-state index in [-0.39, 0.29) is 11.6 Å². The molecule has 2 heterocycles. The van der Waals surface area contributed by atoms with Crippen LogP contribution in [-0.2, 0) is 29.4 Å². The van der Waals surface area contributed by atoms with Gasteiger partial charge in [0.2, 0.25) is 5.88 Å². The van der Waals surface area contributed by atoms with Crippen molar-refractivity contribution in [3.8, 4) is 17.0 Å². The predicted molar refractivity (Wildman–Crippen MR) is 121 cm³/mol. The quantitative estimate of drug-likeness (QED) is 0.481. The molecule has 1 atom stereocenters. The van der Waals surface area contributed by atoms with E-state index in [2.05, 4.69) is 15.4 Å². The van der Waals surface area contributed by atoms with E-state index in [1.807, 2.05) is 16.9 Å². The fourth-order valence-electron chi connectivity index (χ4n) is 3.91. The van der Waals surface area contributed by atoms with Gasteiger partial charge in [0.05, 0.1) is 25.4 Å². The van der Waals surface area contributed by atoms with Gasteiger partial charge in [0.15, 0.2) is 5.03 Å². The fraction of sp³-hybridized carbons (Fsp3) is 0.318. The van der Waals surface area contributed by atoms with Gasteiger partial charge in [0.1, 0.15) is 0 Å². The van der Waals surface area contributed by atoms with Crippen LogP contribution in [0.5, 0.6) is 5.88 Å². The predicted octanol–water partition coefficient (Wildman–Crippen LogP) is 2.33. The molecule has 4 rings (SSSR count). The third kappa shape index (κ3) is 4.99. The Hall–Kier alpha value is -3.44. The number of hydrogen-bond acceptors (Lipinski definition) is 7. The van der Waals surface area contributed by atoms with Crippen LogP contribution in [-0.4, -0.2) is 47.5 Å². The summed E-state index contributed by atoms with van der Waals surface area (Å²) in [5, 5.41) is 15.8. The number of benzene rings is 1. The van der Waals surface area contributed by atoms with Gasteiger partial charge >= 0.3 is 6.03 Å². The molecule has 2 amide bonds. The number of urea groups is 1. The number of methoxy groups -OCH3 is 1. The number of rotatable bonds is 7. The summed E-state index contributed by atoms with van der Waals surface area (Å²) < 4.78 is 33.9. The van der Waals surface area contributed by atoms with E-state index < -0.39 is 22.2 Å². The summed E-state index contributed by atoms with van der Waals surface area (Å²) in [6.45, 7) is 1.70. The third-order valence-electron chi connectivity index (χ3n) is 5.35. The van der Waals surface area contributed by atoms with Crippen LogP contribution >= 0.6 is 0 Å². The van der Waals surface area contributed by atoms with Gasteiger partial charge in [-0.05, 0) is 55.0 Å². The molecule has 33 heavy (non-hydrogen) atoms. The Morgan fingerprint density at radius 2 is 2.09 bits per heavy atom. The largest absolute Gasteiger partial charge is 0.481 e. The molecule has 10 nitrogen and oxygen atoms in total. The number of amides is 2. The average Bonchev–Trinajstić information content (AvgIpc) is 3.43. The van der Waals surface area contributed by atoms with E-state index in [1.165, 1.54) is 24.1 Å². The zero-order valence-corrected chi connectivity index (χ0v) is 19.1. The monoisotopic (exact) mass is 471 g/mol. The summed E-state index contributed by atoms with van der Waals surface area (Å²) in [5.41, 5.74) is 4.19. The molecular formula is C22H25N5O5S. The van der Waals surface area contributed by atoms with Crippen molar-refractivity contribution in [3.05, 3.63) is 53.9 Å². The number of sulfonamides is 1. The standard InChI is InChI=1S/C22H25N5O5S/c1-14(28)13-27-11-9-20(25-27)33(30,31)26-22(29)24-21-17-5-3-4-15(17)6-7-18(21)16-8-10-23-19(12-16)32-2/h6-12,14,28H,3-5,13H2,1-2H3,(H2,24,26,29)/t14-/m1/s1. The minimum absolute atomic E-state index is 0.136. The topological polar surface area (TPSA) is 135 Å². The van der Waals surface area contributed by atoms with Gasteiger partial charge in [-0.1, -0.05) is 12.1 Å². The molecule has 0 aliphatic heterocycles. The first-order valence-electron chi connectivity index (χ1n) is 10.5. The SMILES string of the molecule is COc1cc(-c2ccc3c(c2NC(=O)NS(=O)(=O)c2ccn(C[C@@H](C)O)n2)CCC3)ccn1. The van der Waals surface area contributed by atoms with Crippen LogP contribution in [0.1, 0.15) is 24.5 Å². The lowest BCUT2D eigenvalue weighted by atomic mass is 9.98. The summed E-state index contributed by atoms with van der Waals surface area (Å²) in [7, 11) is -2.68. The highest BCUT2D eigenvalue weighted by Gasteiger charge is 2.24. The van der Waals surface area contributed by atoms with E-state index in [0.29, 0.717) is 11.6 Å². The van der Waals surface area contributed by atoms with Crippen LogP contribution in [0, 0.1) is 0 Å². The number of carbonyl (C=O) groups excluding carboxylic acids is 1.